The largest absolute Gasteiger partial charge is 0.360 e. The topological polar surface area (TPSA) is 67.7 Å². The van der Waals surface area contributed by atoms with E-state index in [-0.39, 0.29) is 17.9 Å². The number of nitrogens with zero attached hydrogens (tertiary/aromatic N) is 4. The Morgan fingerprint density at radius 3 is 2.77 bits per heavy atom. The van der Waals surface area contributed by atoms with Crippen LogP contribution in [0.25, 0.3) is 0 Å². The molecule has 3 aliphatic rings. The lowest BCUT2D eigenvalue weighted by Crippen LogP contribution is -2.44. The quantitative estimate of drug-likeness (QED) is 0.668. The zero-order valence-corrected chi connectivity index (χ0v) is 18.2. The number of hydrogen-bond acceptors (Lipinski definition) is 4. The number of hydrogen-bond donors (Lipinski definition) is 0. The van der Waals surface area contributed by atoms with Gasteiger partial charge in [-0.05, 0) is 18.9 Å². The van der Waals surface area contributed by atoms with E-state index in [1.165, 1.54) is 11.1 Å². The summed E-state index contributed by atoms with van der Waals surface area (Å²) in [5.41, 5.74) is 2.73. The number of carbonyl (C=O) groups excluding carboxylic acids is 2. The van der Waals surface area contributed by atoms with Crippen LogP contribution in [-0.4, -0.2) is 63.2 Å². The molecule has 4 heterocycles. The van der Waals surface area contributed by atoms with Gasteiger partial charge in [0.2, 0.25) is 11.8 Å². The first kappa shape index (κ1) is 20.0. The Morgan fingerprint density at radius 2 is 2.06 bits per heavy atom. The van der Waals surface area contributed by atoms with Gasteiger partial charge in [-0.1, -0.05) is 42.0 Å². The SMILES string of the molecule is Cc1ccc(CCN2C[C@]34C=C[C@H](O3)[C@@H](C(=O)N(C)Cc3cnn(C)c3)[C@H]4C2=O)cc1. The predicted octanol–water partition coefficient (Wildman–Crippen LogP) is 1.71. The molecule has 1 aromatic heterocycles. The van der Waals surface area contributed by atoms with Crippen LogP contribution in [0.3, 0.4) is 0 Å². The number of rotatable bonds is 6. The highest BCUT2D eigenvalue weighted by Crippen LogP contribution is 2.52. The van der Waals surface area contributed by atoms with Gasteiger partial charge >= 0.3 is 0 Å². The Kier molecular flexibility index (Phi) is 4.73. The van der Waals surface area contributed by atoms with E-state index in [2.05, 4.69) is 36.3 Å². The van der Waals surface area contributed by atoms with Gasteiger partial charge in [-0.25, -0.2) is 0 Å². The second-order valence-corrected chi connectivity index (χ2v) is 9.11. The molecule has 2 amide bonds. The average molecular weight is 421 g/mol. The molecule has 7 nitrogen and oxygen atoms in total. The van der Waals surface area contributed by atoms with Crippen LogP contribution in [0.2, 0.25) is 0 Å². The Hall–Kier alpha value is -2.93. The first-order valence-electron chi connectivity index (χ1n) is 10.8. The lowest BCUT2D eigenvalue weighted by molar-refractivity contribution is -0.142. The molecular formula is C24H28N4O3. The summed E-state index contributed by atoms with van der Waals surface area (Å²) in [6.45, 7) is 3.68. The molecule has 2 saturated heterocycles. The van der Waals surface area contributed by atoms with Gasteiger partial charge in [0.1, 0.15) is 5.60 Å². The highest BCUT2D eigenvalue weighted by molar-refractivity contribution is 5.93. The zero-order chi connectivity index (χ0) is 21.8. The normalized spacial score (nSPS) is 28.4. The smallest absolute Gasteiger partial charge is 0.230 e. The van der Waals surface area contributed by atoms with Crippen molar-refractivity contribution in [3.8, 4) is 0 Å². The van der Waals surface area contributed by atoms with Crippen molar-refractivity contribution in [1.82, 2.24) is 19.6 Å². The zero-order valence-electron chi connectivity index (χ0n) is 18.2. The molecule has 3 aliphatic heterocycles. The highest BCUT2D eigenvalue weighted by atomic mass is 16.5. The van der Waals surface area contributed by atoms with Gasteiger partial charge in [-0.15, -0.1) is 0 Å². The molecule has 2 bridgehead atoms. The van der Waals surface area contributed by atoms with Gasteiger partial charge in [-0.3, -0.25) is 14.3 Å². The molecule has 162 valence electrons. The van der Waals surface area contributed by atoms with E-state index in [1.807, 2.05) is 30.3 Å². The van der Waals surface area contributed by atoms with Crippen molar-refractivity contribution in [1.29, 1.82) is 0 Å². The lowest BCUT2D eigenvalue weighted by atomic mass is 9.76. The number of likely N-dealkylation sites (tertiary alicyclic amines) is 1. The summed E-state index contributed by atoms with van der Waals surface area (Å²) < 4.78 is 7.97. The average Bonchev–Trinajstić information content (AvgIpc) is 3.49. The van der Waals surface area contributed by atoms with Crippen LogP contribution < -0.4 is 0 Å². The van der Waals surface area contributed by atoms with Gasteiger partial charge in [0.15, 0.2) is 0 Å². The van der Waals surface area contributed by atoms with Crippen LogP contribution in [0.5, 0.6) is 0 Å². The molecule has 0 unspecified atom stereocenters. The Morgan fingerprint density at radius 1 is 1.29 bits per heavy atom. The van der Waals surface area contributed by atoms with E-state index in [0.717, 1.165) is 12.0 Å². The van der Waals surface area contributed by atoms with Crippen molar-refractivity contribution in [2.24, 2.45) is 18.9 Å². The number of fused-ring (bicyclic) bond motifs is 1. The van der Waals surface area contributed by atoms with Crippen molar-refractivity contribution >= 4 is 11.8 Å². The summed E-state index contributed by atoms with van der Waals surface area (Å²) in [5, 5.41) is 4.17. The number of aryl methyl sites for hydroxylation is 2. The predicted molar refractivity (Wildman–Crippen MR) is 115 cm³/mol. The molecular weight excluding hydrogens is 392 g/mol. The van der Waals surface area contributed by atoms with Crippen LogP contribution in [0.4, 0.5) is 0 Å². The maximum Gasteiger partial charge on any atom is 0.230 e. The number of carbonyl (C=O) groups is 2. The van der Waals surface area contributed by atoms with Crippen LogP contribution in [0.1, 0.15) is 16.7 Å². The fourth-order valence-electron chi connectivity index (χ4n) is 5.23. The van der Waals surface area contributed by atoms with Crippen molar-refractivity contribution in [3.05, 3.63) is 65.5 Å². The molecule has 0 N–H and O–H groups in total. The highest BCUT2D eigenvalue weighted by Gasteiger charge is 2.66. The van der Waals surface area contributed by atoms with Gasteiger partial charge in [-0.2, -0.15) is 5.10 Å². The van der Waals surface area contributed by atoms with Gasteiger partial charge in [0.05, 0.1) is 30.7 Å². The minimum atomic E-state index is -0.662. The van der Waals surface area contributed by atoms with E-state index in [9.17, 15) is 9.59 Å². The monoisotopic (exact) mass is 420 g/mol. The fraction of sp³-hybridized carbons (Fsp3) is 0.458. The van der Waals surface area contributed by atoms with Crippen molar-refractivity contribution in [2.45, 2.75) is 31.6 Å². The Bertz CT molecular complexity index is 1040. The van der Waals surface area contributed by atoms with Gasteiger partial charge in [0, 0.05) is 38.9 Å². The number of benzene rings is 1. The minimum Gasteiger partial charge on any atom is -0.360 e. The first-order chi connectivity index (χ1) is 14.9. The third-order valence-electron chi connectivity index (χ3n) is 6.81. The van der Waals surface area contributed by atoms with Gasteiger partial charge in [0.25, 0.3) is 0 Å². The van der Waals surface area contributed by atoms with Gasteiger partial charge < -0.3 is 14.5 Å². The molecule has 31 heavy (non-hydrogen) atoms. The third kappa shape index (κ3) is 3.37. The molecule has 0 saturated carbocycles. The molecule has 0 radical (unpaired) electrons. The van der Waals surface area contributed by atoms with Crippen LogP contribution >= 0.6 is 0 Å². The maximum absolute atomic E-state index is 13.4. The van der Waals surface area contributed by atoms with E-state index in [4.69, 9.17) is 4.74 Å². The summed E-state index contributed by atoms with van der Waals surface area (Å²) >= 11 is 0. The number of aromatic nitrogens is 2. The van der Waals surface area contributed by atoms with Crippen molar-refractivity contribution in [3.63, 3.8) is 0 Å². The van der Waals surface area contributed by atoms with Crippen LogP contribution in [0, 0.1) is 18.8 Å². The summed E-state index contributed by atoms with van der Waals surface area (Å²) in [4.78, 5) is 30.3. The van der Waals surface area contributed by atoms with Crippen molar-refractivity contribution < 1.29 is 14.3 Å². The molecule has 5 rings (SSSR count). The fourth-order valence-corrected chi connectivity index (χ4v) is 5.23. The summed E-state index contributed by atoms with van der Waals surface area (Å²) in [6.07, 6.45) is 8.11. The van der Waals surface area contributed by atoms with E-state index in [0.29, 0.717) is 19.6 Å². The minimum absolute atomic E-state index is 0.0343. The van der Waals surface area contributed by atoms with E-state index < -0.39 is 17.4 Å². The molecule has 2 aromatic rings. The molecule has 1 aromatic carbocycles. The van der Waals surface area contributed by atoms with Crippen LogP contribution in [-0.2, 0) is 34.3 Å². The van der Waals surface area contributed by atoms with E-state index in [1.54, 1.807) is 22.8 Å². The number of ether oxygens (including phenoxy) is 1. The molecule has 0 aliphatic carbocycles. The lowest BCUT2D eigenvalue weighted by Gasteiger charge is -2.27. The summed E-state index contributed by atoms with van der Waals surface area (Å²) in [7, 11) is 3.64. The summed E-state index contributed by atoms with van der Waals surface area (Å²) in [5.74, 6) is -0.918. The molecule has 4 atom stereocenters. The van der Waals surface area contributed by atoms with E-state index >= 15 is 0 Å². The molecule has 1 spiro atoms. The second-order valence-electron chi connectivity index (χ2n) is 9.11. The molecule has 7 heteroatoms. The first-order valence-corrected chi connectivity index (χ1v) is 10.8. The van der Waals surface area contributed by atoms with Crippen LogP contribution in [0.15, 0.2) is 48.8 Å². The Balaban J connectivity index is 1.30. The second kappa shape index (κ2) is 7.34. The third-order valence-corrected chi connectivity index (χ3v) is 6.81. The Labute approximate surface area is 182 Å². The maximum atomic E-state index is 13.4. The number of amides is 2. The summed E-state index contributed by atoms with van der Waals surface area (Å²) in [6, 6.07) is 8.40. The standard InChI is InChI=1S/C24H28N4O3/c1-16-4-6-17(7-5-16)9-11-28-15-24-10-8-19(31-24)20(21(24)23(28)30)22(29)26(2)13-18-12-25-27(3)14-18/h4-8,10,12,14,19-21H,9,11,13,15H2,1-3H3/t19-,20+,21-,24-/m0/s1. The van der Waals surface area contributed by atoms with Crippen molar-refractivity contribution in [2.75, 3.05) is 20.1 Å². The molecule has 2 fully saturated rings.